The molecule has 0 saturated heterocycles. The predicted molar refractivity (Wildman–Crippen MR) is 90.6 cm³/mol. The van der Waals surface area contributed by atoms with Crippen LogP contribution < -0.4 is 5.32 Å². The molecule has 1 aliphatic rings. The van der Waals surface area contributed by atoms with E-state index in [1.165, 1.54) is 30.5 Å². The molecule has 5 nitrogen and oxygen atoms in total. The van der Waals surface area contributed by atoms with Gasteiger partial charge in [0.15, 0.2) is 5.60 Å². The zero-order valence-corrected chi connectivity index (χ0v) is 14.7. The lowest BCUT2D eigenvalue weighted by molar-refractivity contribution is -0.144. The van der Waals surface area contributed by atoms with E-state index in [1.54, 1.807) is 0 Å². The molecule has 2 atom stereocenters. The van der Waals surface area contributed by atoms with E-state index >= 15 is 0 Å². The number of hydrogen-bond acceptors (Lipinski definition) is 4. The number of halogens is 4. The molecule has 2 aromatic rings. The van der Waals surface area contributed by atoms with Crippen molar-refractivity contribution < 1.29 is 28.2 Å². The number of rotatable bonds is 3. The van der Waals surface area contributed by atoms with Crippen molar-refractivity contribution in [2.75, 3.05) is 0 Å². The van der Waals surface area contributed by atoms with Crippen molar-refractivity contribution in [1.82, 2.24) is 10.3 Å². The SMILES string of the molecule is O=C(NCc1cccc(C(F)(F)F)c1Cl)C1(O)CCC(O)c2ncccc21. The molecule has 0 saturated carbocycles. The molecule has 1 amide bonds. The number of nitrogens with one attached hydrogen (secondary N) is 1. The number of benzene rings is 1. The van der Waals surface area contributed by atoms with E-state index in [0.29, 0.717) is 0 Å². The van der Waals surface area contributed by atoms with Crippen LogP contribution in [0.3, 0.4) is 0 Å². The first kappa shape index (κ1) is 19.6. The van der Waals surface area contributed by atoms with Crippen LogP contribution in [0.4, 0.5) is 13.2 Å². The van der Waals surface area contributed by atoms with Crippen molar-refractivity contribution in [2.24, 2.45) is 0 Å². The van der Waals surface area contributed by atoms with E-state index in [0.717, 1.165) is 6.07 Å². The van der Waals surface area contributed by atoms with Gasteiger partial charge in [-0.25, -0.2) is 0 Å². The Bertz CT molecular complexity index is 875. The number of nitrogens with zero attached hydrogens (tertiary/aromatic N) is 1. The maximum absolute atomic E-state index is 12.9. The van der Waals surface area contributed by atoms with E-state index < -0.39 is 34.4 Å². The first-order valence-corrected chi connectivity index (χ1v) is 8.51. The molecule has 0 radical (unpaired) electrons. The quantitative estimate of drug-likeness (QED) is 0.739. The number of aromatic nitrogens is 1. The molecule has 0 spiro atoms. The van der Waals surface area contributed by atoms with Crippen LogP contribution in [0.2, 0.25) is 5.02 Å². The molecule has 3 rings (SSSR count). The number of aliphatic hydroxyl groups excluding tert-OH is 1. The van der Waals surface area contributed by atoms with Crippen molar-refractivity contribution in [2.45, 2.75) is 37.3 Å². The number of alkyl halides is 3. The molecule has 1 aromatic heterocycles. The Kier molecular flexibility index (Phi) is 5.16. The first-order chi connectivity index (χ1) is 12.6. The third-order valence-corrected chi connectivity index (χ3v) is 5.02. The third kappa shape index (κ3) is 3.65. The summed E-state index contributed by atoms with van der Waals surface area (Å²) in [5.41, 5.74) is -2.47. The minimum absolute atomic E-state index is 0.0466. The molecule has 1 aromatic carbocycles. The number of carbonyl (C=O) groups excluding carboxylic acids is 1. The van der Waals surface area contributed by atoms with E-state index in [-0.39, 0.29) is 36.2 Å². The molecule has 1 aliphatic carbocycles. The van der Waals surface area contributed by atoms with Gasteiger partial charge >= 0.3 is 6.18 Å². The van der Waals surface area contributed by atoms with Crippen molar-refractivity contribution >= 4 is 17.5 Å². The maximum atomic E-state index is 12.9. The maximum Gasteiger partial charge on any atom is 0.417 e. The lowest BCUT2D eigenvalue weighted by Gasteiger charge is -2.34. The summed E-state index contributed by atoms with van der Waals surface area (Å²) in [6.07, 6.45) is -3.99. The van der Waals surface area contributed by atoms with Crippen LogP contribution in [0.5, 0.6) is 0 Å². The standard InChI is InChI=1S/C18H16ClF3N2O3/c19-14-10(3-1-4-11(14)18(20,21)22)9-24-16(26)17(27)7-6-13(25)15-12(17)5-2-8-23-15/h1-5,8,13,25,27H,6-7,9H2,(H,24,26). The van der Waals surface area contributed by atoms with Crippen LogP contribution in [0.1, 0.15) is 41.3 Å². The van der Waals surface area contributed by atoms with Crippen molar-refractivity contribution in [1.29, 1.82) is 0 Å². The Balaban J connectivity index is 1.82. The molecule has 1 heterocycles. The highest BCUT2D eigenvalue weighted by Gasteiger charge is 2.44. The van der Waals surface area contributed by atoms with Crippen molar-refractivity contribution in [3.8, 4) is 0 Å². The monoisotopic (exact) mass is 400 g/mol. The van der Waals surface area contributed by atoms with Gasteiger partial charge in [-0.15, -0.1) is 0 Å². The lowest BCUT2D eigenvalue weighted by Crippen LogP contribution is -2.47. The fraction of sp³-hybridized carbons (Fsp3) is 0.333. The Morgan fingerprint density at radius 1 is 1.33 bits per heavy atom. The van der Waals surface area contributed by atoms with Gasteiger partial charge < -0.3 is 15.5 Å². The summed E-state index contributed by atoms with van der Waals surface area (Å²) in [6, 6.07) is 6.43. The summed E-state index contributed by atoms with van der Waals surface area (Å²) in [7, 11) is 0. The highest BCUT2D eigenvalue weighted by atomic mass is 35.5. The fourth-order valence-corrected chi connectivity index (χ4v) is 3.44. The summed E-state index contributed by atoms with van der Waals surface area (Å²) in [5, 5.41) is 22.8. The Morgan fingerprint density at radius 3 is 2.78 bits per heavy atom. The van der Waals surface area contributed by atoms with Crippen molar-refractivity contribution in [3.63, 3.8) is 0 Å². The predicted octanol–water partition coefficient (Wildman–Crippen LogP) is 3.09. The Labute approximate surface area is 157 Å². The van der Waals surface area contributed by atoms with Crippen molar-refractivity contribution in [3.05, 3.63) is 63.9 Å². The summed E-state index contributed by atoms with van der Waals surface area (Å²) >= 11 is 5.82. The van der Waals surface area contributed by atoms with Gasteiger partial charge in [0, 0.05) is 18.3 Å². The normalized spacial score (nSPS) is 22.2. The lowest BCUT2D eigenvalue weighted by atomic mass is 9.79. The number of aliphatic hydroxyl groups is 2. The second kappa shape index (κ2) is 7.10. The zero-order chi connectivity index (χ0) is 19.8. The average molecular weight is 401 g/mol. The van der Waals surface area contributed by atoms with Gasteiger partial charge in [-0.3, -0.25) is 9.78 Å². The van der Waals surface area contributed by atoms with E-state index in [9.17, 15) is 28.2 Å². The van der Waals surface area contributed by atoms with Gasteiger partial charge in [-0.05, 0) is 30.5 Å². The first-order valence-electron chi connectivity index (χ1n) is 8.13. The summed E-state index contributed by atoms with van der Waals surface area (Å²) in [4.78, 5) is 16.6. The second-order valence-electron chi connectivity index (χ2n) is 6.31. The molecule has 0 fully saturated rings. The largest absolute Gasteiger partial charge is 0.417 e. The molecule has 3 N–H and O–H groups in total. The smallest absolute Gasteiger partial charge is 0.387 e. The molecule has 0 aliphatic heterocycles. The highest BCUT2D eigenvalue weighted by molar-refractivity contribution is 6.32. The summed E-state index contributed by atoms with van der Waals surface area (Å²) < 4.78 is 38.8. The number of carbonyl (C=O) groups is 1. The van der Waals surface area contributed by atoms with Gasteiger partial charge in [0.05, 0.1) is 22.4 Å². The molecule has 27 heavy (non-hydrogen) atoms. The van der Waals surface area contributed by atoms with Crippen LogP contribution in [-0.4, -0.2) is 21.1 Å². The van der Waals surface area contributed by atoms with Gasteiger partial charge in [0.25, 0.3) is 5.91 Å². The van der Waals surface area contributed by atoms with Crippen LogP contribution in [0.25, 0.3) is 0 Å². The minimum Gasteiger partial charge on any atom is -0.387 e. The zero-order valence-electron chi connectivity index (χ0n) is 13.9. The van der Waals surface area contributed by atoms with Crippen LogP contribution in [-0.2, 0) is 23.1 Å². The summed E-state index contributed by atoms with van der Waals surface area (Å²) in [5.74, 6) is -0.794. The molecular weight excluding hydrogens is 385 g/mol. The molecule has 9 heteroatoms. The Hall–Kier alpha value is -2.16. The third-order valence-electron chi connectivity index (χ3n) is 4.58. The van der Waals surface area contributed by atoms with Gasteiger partial charge in [0.1, 0.15) is 0 Å². The van der Waals surface area contributed by atoms with Gasteiger partial charge in [-0.2, -0.15) is 13.2 Å². The van der Waals surface area contributed by atoms with E-state index in [1.807, 2.05) is 0 Å². The van der Waals surface area contributed by atoms with E-state index in [4.69, 9.17) is 11.6 Å². The summed E-state index contributed by atoms with van der Waals surface area (Å²) in [6.45, 7) is -0.290. The number of hydrogen-bond donors (Lipinski definition) is 3. The Morgan fingerprint density at radius 2 is 2.07 bits per heavy atom. The minimum atomic E-state index is -4.61. The molecule has 144 valence electrons. The fourth-order valence-electron chi connectivity index (χ4n) is 3.14. The van der Waals surface area contributed by atoms with Gasteiger partial charge in [0.2, 0.25) is 0 Å². The number of fused-ring (bicyclic) bond motifs is 1. The highest BCUT2D eigenvalue weighted by Crippen LogP contribution is 2.40. The molecule has 0 bridgehead atoms. The molecular formula is C18H16ClF3N2O3. The van der Waals surface area contributed by atoms with Crippen LogP contribution >= 0.6 is 11.6 Å². The average Bonchev–Trinajstić information content (AvgIpc) is 2.63. The topological polar surface area (TPSA) is 82.5 Å². The van der Waals surface area contributed by atoms with Gasteiger partial charge in [-0.1, -0.05) is 29.8 Å². The van der Waals surface area contributed by atoms with Crippen LogP contribution in [0, 0.1) is 0 Å². The number of pyridine rings is 1. The van der Waals surface area contributed by atoms with Crippen LogP contribution in [0.15, 0.2) is 36.5 Å². The molecule has 2 unspecified atom stereocenters. The second-order valence-corrected chi connectivity index (χ2v) is 6.69. The number of amides is 1. The van der Waals surface area contributed by atoms with E-state index in [2.05, 4.69) is 10.3 Å².